The normalized spacial score (nSPS) is 24.1. The van der Waals surface area contributed by atoms with E-state index in [1.165, 1.54) is 30.4 Å². The van der Waals surface area contributed by atoms with E-state index < -0.39 is 0 Å². The smallest absolute Gasteiger partial charge is 0.0914 e. The van der Waals surface area contributed by atoms with E-state index in [1.807, 2.05) is 0 Å². The molecule has 1 saturated carbocycles. The van der Waals surface area contributed by atoms with Gasteiger partial charge in [-0.15, -0.1) is 0 Å². The second-order valence-electron chi connectivity index (χ2n) is 6.16. The molecule has 1 saturated heterocycles. The minimum absolute atomic E-state index is 0.0728. The lowest BCUT2D eigenvalue weighted by molar-refractivity contribution is -0.105. The number of nitrogens with two attached hydrogens (primary N) is 1. The van der Waals surface area contributed by atoms with Gasteiger partial charge in [0.2, 0.25) is 0 Å². The largest absolute Gasteiger partial charge is 0.381 e. The average molecular weight is 275 g/mol. The molecule has 1 heterocycles. The van der Waals surface area contributed by atoms with Gasteiger partial charge in [-0.1, -0.05) is 30.7 Å². The van der Waals surface area contributed by atoms with Gasteiger partial charge in [0.25, 0.3) is 0 Å². The standard InChI is InChI=1S/C17H25NO2/c1-19-17(8-10-20-11-9-17)16(18)15-7-3-6-14(12-15)13-4-2-5-13/h3,6-7,12-13,16H,2,4-5,8-11,18H2,1H3. The molecular formula is C17H25NO2. The van der Waals surface area contributed by atoms with E-state index in [0.717, 1.165) is 32.0 Å². The Morgan fingerprint density at radius 1 is 1.30 bits per heavy atom. The predicted octanol–water partition coefficient (Wildman–Crippen LogP) is 3.15. The molecule has 2 N–H and O–H groups in total. The Hall–Kier alpha value is -0.900. The van der Waals surface area contributed by atoms with Crippen molar-refractivity contribution in [3.8, 4) is 0 Å². The number of hydrogen-bond donors (Lipinski definition) is 1. The Kier molecular flexibility index (Phi) is 4.11. The first kappa shape index (κ1) is 14.1. The van der Waals surface area contributed by atoms with E-state index >= 15 is 0 Å². The number of rotatable bonds is 4. The molecule has 1 aliphatic carbocycles. The average Bonchev–Trinajstić information content (AvgIpc) is 2.46. The summed E-state index contributed by atoms with van der Waals surface area (Å²) in [5.74, 6) is 0.746. The van der Waals surface area contributed by atoms with Crippen molar-refractivity contribution in [1.82, 2.24) is 0 Å². The molecule has 0 amide bonds. The highest BCUT2D eigenvalue weighted by atomic mass is 16.5. The molecule has 1 unspecified atom stereocenters. The van der Waals surface area contributed by atoms with Gasteiger partial charge in [0.1, 0.15) is 0 Å². The summed E-state index contributed by atoms with van der Waals surface area (Å²) in [6.45, 7) is 1.48. The first-order chi connectivity index (χ1) is 9.75. The Bertz CT molecular complexity index is 450. The molecule has 20 heavy (non-hydrogen) atoms. The maximum atomic E-state index is 6.56. The molecule has 0 aromatic heterocycles. The van der Waals surface area contributed by atoms with Crippen molar-refractivity contribution in [3.63, 3.8) is 0 Å². The molecule has 1 aromatic rings. The topological polar surface area (TPSA) is 44.5 Å². The van der Waals surface area contributed by atoms with Crippen molar-refractivity contribution in [2.24, 2.45) is 5.73 Å². The molecule has 2 fully saturated rings. The van der Waals surface area contributed by atoms with E-state index in [1.54, 1.807) is 7.11 Å². The van der Waals surface area contributed by atoms with Crippen LogP contribution in [0.1, 0.15) is 55.2 Å². The lowest BCUT2D eigenvalue weighted by Crippen LogP contribution is -2.47. The highest BCUT2D eigenvalue weighted by Gasteiger charge is 2.39. The van der Waals surface area contributed by atoms with Crippen LogP contribution in [-0.2, 0) is 9.47 Å². The van der Waals surface area contributed by atoms with Crippen LogP contribution in [0.5, 0.6) is 0 Å². The first-order valence-electron chi connectivity index (χ1n) is 7.73. The Morgan fingerprint density at radius 3 is 2.65 bits per heavy atom. The third kappa shape index (κ3) is 2.50. The van der Waals surface area contributed by atoms with Gasteiger partial charge in [-0.25, -0.2) is 0 Å². The fourth-order valence-corrected chi connectivity index (χ4v) is 3.41. The Labute approximate surface area is 121 Å². The quantitative estimate of drug-likeness (QED) is 0.918. The van der Waals surface area contributed by atoms with Crippen LogP contribution < -0.4 is 5.73 Å². The zero-order chi connectivity index (χ0) is 14.0. The highest BCUT2D eigenvalue weighted by molar-refractivity contribution is 5.31. The minimum atomic E-state index is -0.267. The summed E-state index contributed by atoms with van der Waals surface area (Å²) in [6.07, 6.45) is 5.75. The summed E-state index contributed by atoms with van der Waals surface area (Å²) in [4.78, 5) is 0. The van der Waals surface area contributed by atoms with Crippen LogP contribution in [0.4, 0.5) is 0 Å². The Balaban J connectivity index is 1.83. The van der Waals surface area contributed by atoms with Crippen molar-refractivity contribution in [2.45, 2.75) is 49.7 Å². The van der Waals surface area contributed by atoms with E-state index in [4.69, 9.17) is 15.2 Å². The van der Waals surface area contributed by atoms with Gasteiger partial charge in [0.05, 0.1) is 11.6 Å². The van der Waals surface area contributed by atoms with Crippen LogP contribution in [0.3, 0.4) is 0 Å². The zero-order valence-electron chi connectivity index (χ0n) is 12.3. The molecule has 2 aliphatic rings. The van der Waals surface area contributed by atoms with Crippen LogP contribution >= 0.6 is 0 Å². The monoisotopic (exact) mass is 275 g/mol. The van der Waals surface area contributed by atoms with Crippen LogP contribution in [-0.4, -0.2) is 25.9 Å². The van der Waals surface area contributed by atoms with E-state index in [-0.39, 0.29) is 11.6 Å². The molecule has 1 aromatic carbocycles. The van der Waals surface area contributed by atoms with Crippen LogP contribution in [0, 0.1) is 0 Å². The van der Waals surface area contributed by atoms with Gasteiger partial charge >= 0.3 is 0 Å². The van der Waals surface area contributed by atoms with Gasteiger partial charge in [0, 0.05) is 33.2 Å². The van der Waals surface area contributed by atoms with Gasteiger partial charge in [-0.2, -0.15) is 0 Å². The fraction of sp³-hybridized carbons (Fsp3) is 0.647. The van der Waals surface area contributed by atoms with Crippen molar-refractivity contribution in [2.75, 3.05) is 20.3 Å². The molecular weight excluding hydrogens is 250 g/mol. The third-order valence-corrected chi connectivity index (χ3v) is 5.16. The van der Waals surface area contributed by atoms with Gasteiger partial charge < -0.3 is 15.2 Å². The molecule has 3 nitrogen and oxygen atoms in total. The molecule has 1 atom stereocenters. The highest BCUT2D eigenvalue weighted by Crippen LogP contribution is 2.39. The summed E-state index contributed by atoms with van der Waals surface area (Å²) >= 11 is 0. The van der Waals surface area contributed by atoms with Crippen molar-refractivity contribution < 1.29 is 9.47 Å². The zero-order valence-corrected chi connectivity index (χ0v) is 12.3. The van der Waals surface area contributed by atoms with E-state index in [2.05, 4.69) is 24.3 Å². The number of benzene rings is 1. The van der Waals surface area contributed by atoms with Crippen molar-refractivity contribution >= 4 is 0 Å². The molecule has 0 spiro atoms. The van der Waals surface area contributed by atoms with Crippen LogP contribution in [0.25, 0.3) is 0 Å². The second kappa shape index (κ2) is 5.84. The van der Waals surface area contributed by atoms with Crippen molar-refractivity contribution in [3.05, 3.63) is 35.4 Å². The fourth-order valence-electron chi connectivity index (χ4n) is 3.41. The molecule has 0 radical (unpaired) electrons. The second-order valence-corrected chi connectivity index (χ2v) is 6.16. The molecule has 3 rings (SSSR count). The van der Waals surface area contributed by atoms with E-state index in [0.29, 0.717) is 0 Å². The summed E-state index contributed by atoms with van der Waals surface area (Å²) in [5, 5.41) is 0. The van der Waals surface area contributed by atoms with Gasteiger partial charge in [-0.3, -0.25) is 0 Å². The summed E-state index contributed by atoms with van der Waals surface area (Å²) in [6, 6.07) is 8.75. The predicted molar refractivity (Wildman–Crippen MR) is 79.8 cm³/mol. The Morgan fingerprint density at radius 2 is 2.05 bits per heavy atom. The minimum Gasteiger partial charge on any atom is -0.381 e. The molecule has 0 bridgehead atoms. The number of hydrogen-bond acceptors (Lipinski definition) is 3. The number of methoxy groups -OCH3 is 1. The third-order valence-electron chi connectivity index (χ3n) is 5.16. The van der Waals surface area contributed by atoms with E-state index in [9.17, 15) is 0 Å². The lowest BCUT2D eigenvalue weighted by atomic mass is 9.77. The summed E-state index contributed by atoms with van der Waals surface area (Å²) < 4.78 is 11.3. The van der Waals surface area contributed by atoms with Crippen molar-refractivity contribution in [1.29, 1.82) is 0 Å². The molecule has 3 heteroatoms. The lowest BCUT2D eigenvalue weighted by Gasteiger charge is -2.41. The molecule has 110 valence electrons. The maximum Gasteiger partial charge on any atom is 0.0914 e. The van der Waals surface area contributed by atoms with Gasteiger partial charge in [-0.05, 0) is 29.9 Å². The summed E-state index contributed by atoms with van der Waals surface area (Å²) in [5.41, 5.74) is 8.95. The first-order valence-corrected chi connectivity index (χ1v) is 7.73. The maximum absolute atomic E-state index is 6.56. The SMILES string of the molecule is COC1(C(N)c2cccc(C3CCC3)c2)CCOCC1. The summed E-state index contributed by atoms with van der Waals surface area (Å²) in [7, 11) is 1.78. The van der Waals surface area contributed by atoms with Crippen LogP contribution in [0.2, 0.25) is 0 Å². The molecule has 1 aliphatic heterocycles. The number of ether oxygens (including phenoxy) is 2. The van der Waals surface area contributed by atoms with Gasteiger partial charge in [0.15, 0.2) is 0 Å². The van der Waals surface area contributed by atoms with Crippen LogP contribution in [0.15, 0.2) is 24.3 Å².